The largest absolute Gasteiger partial charge is 0.497 e. The Kier molecular flexibility index (Phi) is 6.54. The number of aryl methyl sites for hydroxylation is 1. The first kappa shape index (κ1) is 19.0. The highest BCUT2D eigenvalue weighted by molar-refractivity contribution is 7.11. The van der Waals surface area contributed by atoms with Gasteiger partial charge >= 0.3 is 0 Å². The standard InChI is InChI=1S/C21H21FN2O2S/c1-26-18-4-2-3-15(11-18)7-10-20(25)23-14-21-24-13-19(27-21)12-16-5-8-17(22)9-6-16/h2-6,8-9,11,13H,7,10,12,14H2,1H3,(H,23,25). The number of amides is 1. The maximum Gasteiger partial charge on any atom is 0.220 e. The van der Waals surface area contributed by atoms with E-state index in [1.807, 2.05) is 30.5 Å². The molecule has 0 spiro atoms. The van der Waals surface area contributed by atoms with Gasteiger partial charge in [-0.05, 0) is 41.8 Å². The summed E-state index contributed by atoms with van der Waals surface area (Å²) in [5.41, 5.74) is 2.11. The zero-order valence-corrected chi connectivity index (χ0v) is 15.9. The van der Waals surface area contributed by atoms with E-state index in [0.717, 1.165) is 26.8 Å². The minimum Gasteiger partial charge on any atom is -0.497 e. The van der Waals surface area contributed by atoms with Crippen molar-refractivity contribution < 1.29 is 13.9 Å². The molecule has 1 aromatic heterocycles. The molecular weight excluding hydrogens is 363 g/mol. The fourth-order valence-electron chi connectivity index (χ4n) is 2.66. The van der Waals surface area contributed by atoms with E-state index in [1.54, 1.807) is 30.6 Å². The molecule has 0 saturated carbocycles. The minimum absolute atomic E-state index is 0.00638. The summed E-state index contributed by atoms with van der Waals surface area (Å²) in [5, 5.41) is 3.77. The summed E-state index contributed by atoms with van der Waals surface area (Å²) < 4.78 is 18.2. The molecule has 0 aliphatic rings. The molecule has 1 heterocycles. The number of hydrogen-bond donors (Lipinski definition) is 1. The van der Waals surface area contributed by atoms with Crippen LogP contribution in [0.15, 0.2) is 54.7 Å². The molecule has 2 aromatic carbocycles. The number of hydrogen-bond acceptors (Lipinski definition) is 4. The van der Waals surface area contributed by atoms with Crippen LogP contribution in [-0.2, 0) is 24.2 Å². The van der Waals surface area contributed by atoms with E-state index in [2.05, 4.69) is 10.3 Å². The lowest BCUT2D eigenvalue weighted by molar-refractivity contribution is -0.121. The summed E-state index contributed by atoms with van der Waals surface area (Å²) >= 11 is 1.56. The Morgan fingerprint density at radius 3 is 2.78 bits per heavy atom. The predicted molar refractivity (Wildman–Crippen MR) is 104 cm³/mol. The van der Waals surface area contributed by atoms with Crippen molar-refractivity contribution >= 4 is 17.2 Å². The third-order valence-electron chi connectivity index (χ3n) is 4.10. The molecule has 0 aliphatic heterocycles. The average molecular weight is 384 g/mol. The summed E-state index contributed by atoms with van der Waals surface area (Å²) in [6.07, 6.45) is 3.60. The highest BCUT2D eigenvalue weighted by atomic mass is 32.1. The first-order chi connectivity index (χ1) is 13.1. The quantitative estimate of drug-likeness (QED) is 0.635. The minimum atomic E-state index is -0.236. The molecule has 0 atom stereocenters. The number of carbonyl (C=O) groups excluding carboxylic acids is 1. The van der Waals surface area contributed by atoms with Gasteiger partial charge in [0.2, 0.25) is 5.91 Å². The lowest BCUT2D eigenvalue weighted by atomic mass is 10.1. The van der Waals surface area contributed by atoms with E-state index in [-0.39, 0.29) is 11.7 Å². The van der Waals surface area contributed by atoms with Crippen LogP contribution in [0.25, 0.3) is 0 Å². The van der Waals surface area contributed by atoms with Gasteiger partial charge < -0.3 is 10.1 Å². The summed E-state index contributed by atoms with van der Waals surface area (Å²) in [7, 11) is 1.63. The normalized spacial score (nSPS) is 10.6. The predicted octanol–water partition coefficient (Wildman–Crippen LogP) is 4.13. The van der Waals surface area contributed by atoms with Gasteiger partial charge in [0.05, 0.1) is 13.7 Å². The van der Waals surface area contributed by atoms with Crippen molar-refractivity contribution in [2.45, 2.75) is 25.8 Å². The van der Waals surface area contributed by atoms with Crippen LogP contribution in [0.1, 0.15) is 27.4 Å². The zero-order valence-electron chi connectivity index (χ0n) is 15.1. The summed E-state index contributed by atoms with van der Waals surface area (Å²) in [5.74, 6) is 0.554. The topological polar surface area (TPSA) is 51.2 Å². The third-order valence-corrected chi connectivity index (χ3v) is 5.10. The molecule has 1 amide bonds. The second-order valence-electron chi connectivity index (χ2n) is 6.15. The summed E-state index contributed by atoms with van der Waals surface area (Å²) in [6.45, 7) is 0.422. The molecular formula is C21H21FN2O2S. The number of nitrogens with zero attached hydrogens (tertiary/aromatic N) is 1. The van der Waals surface area contributed by atoms with Crippen LogP contribution in [0, 0.1) is 5.82 Å². The van der Waals surface area contributed by atoms with Crippen molar-refractivity contribution in [1.29, 1.82) is 0 Å². The van der Waals surface area contributed by atoms with E-state index in [1.165, 1.54) is 12.1 Å². The second-order valence-corrected chi connectivity index (χ2v) is 7.35. The van der Waals surface area contributed by atoms with Crippen LogP contribution in [0.2, 0.25) is 0 Å². The van der Waals surface area contributed by atoms with Gasteiger partial charge in [0.25, 0.3) is 0 Å². The Bertz CT molecular complexity index is 893. The molecule has 0 bridgehead atoms. The van der Waals surface area contributed by atoms with Gasteiger partial charge in [-0.2, -0.15) is 0 Å². The second kappa shape index (κ2) is 9.28. The van der Waals surface area contributed by atoms with Crippen LogP contribution >= 0.6 is 11.3 Å². The van der Waals surface area contributed by atoms with Crippen LogP contribution < -0.4 is 10.1 Å². The van der Waals surface area contributed by atoms with E-state index in [9.17, 15) is 9.18 Å². The van der Waals surface area contributed by atoms with Crippen LogP contribution in [-0.4, -0.2) is 18.0 Å². The molecule has 1 N–H and O–H groups in total. The monoisotopic (exact) mass is 384 g/mol. The Hall–Kier alpha value is -2.73. The molecule has 3 aromatic rings. The molecule has 0 fully saturated rings. The zero-order chi connectivity index (χ0) is 19.1. The Labute approximate surface area is 162 Å². The molecule has 0 unspecified atom stereocenters. The van der Waals surface area contributed by atoms with Crippen molar-refractivity contribution in [2.24, 2.45) is 0 Å². The van der Waals surface area contributed by atoms with E-state index in [0.29, 0.717) is 25.8 Å². The van der Waals surface area contributed by atoms with Crippen LogP contribution in [0.4, 0.5) is 4.39 Å². The van der Waals surface area contributed by atoms with Crippen LogP contribution in [0.3, 0.4) is 0 Å². The van der Waals surface area contributed by atoms with Gasteiger partial charge in [0.1, 0.15) is 16.6 Å². The smallest absolute Gasteiger partial charge is 0.220 e. The van der Waals surface area contributed by atoms with E-state index < -0.39 is 0 Å². The number of carbonyl (C=O) groups is 1. The maximum atomic E-state index is 13.0. The third kappa shape index (κ3) is 5.89. The number of nitrogens with one attached hydrogen (secondary N) is 1. The first-order valence-corrected chi connectivity index (χ1v) is 9.51. The molecule has 4 nitrogen and oxygen atoms in total. The highest BCUT2D eigenvalue weighted by Crippen LogP contribution is 2.18. The summed E-state index contributed by atoms with van der Waals surface area (Å²) in [6, 6.07) is 14.2. The SMILES string of the molecule is COc1cccc(CCC(=O)NCc2ncc(Cc3ccc(F)cc3)s2)c1. The number of ether oxygens (including phenoxy) is 1. The van der Waals surface area contributed by atoms with E-state index in [4.69, 9.17) is 4.74 Å². The summed E-state index contributed by atoms with van der Waals surface area (Å²) in [4.78, 5) is 17.5. The molecule has 6 heteroatoms. The van der Waals surface area contributed by atoms with Crippen molar-refractivity contribution in [3.63, 3.8) is 0 Å². The number of rotatable bonds is 8. The Balaban J connectivity index is 1.45. The van der Waals surface area contributed by atoms with Gasteiger partial charge in [-0.3, -0.25) is 4.79 Å². The van der Waals surface area contributed by atoms with Crippen LogP contribution in [0.5, 0.6) is 5.75 Å². The van der Waals surface area contributed by atoms with Crippen molar-refractivity contribution in [1.82, 2.24) is 10.3 Å². The number of aromatic nitrogens is 1. The first-order valence-electron chi connectivity index (χ1n) is 8.70. The molecule has 140 valence electrons. The van der Waals surface area contributed by atoms with Gasteiger partial charge in [0.15, 0.2) is 0 Å². The number of benzene rings is 2. The molecule has 0 radical (unpaired) electrons. The van der Waals surface area contributed by atoms with Gasteiger partial charge in [-0.25, -0.2) is 9.37 Å². The maximum absolute atomic E-state index is 13.0. The Morgan fingerprint density at radius 2 is 2.00 bits per heavy atom. The fourth-order valence-corrected chi connectivity index (χ4v) is 3.56. The molecule has 27 heavy (non-hydrogen) atoms. The van der Waals surface area contributed by atoms with Gasteiger partial charge in [0, 0.05) is 23.9 Å². The lowest BCUT2D eigenvalue weighted by Crippen LogP contribution is -2.22. The van der Waals surface area contributed by atoms with Crippen molar-refractivity contribution in [3.05, 3.63) is 81.6 Å². The van der Waals surface area contributed by atoms with Crippen molar-refractivity contribution in [2.75, 3.05) is 7.11 Å². The van der Waals surface area contributed by atoms with Gasteiger partial charge in [-0.15, -0.1) is 11.3 Å². The van der Waals surface area contributed by atoms with Crippen molar-refractivity contribution in [3.8, 4) is 5.75 Å². The fraction of sp³-hybridized carbons (Fsp3) is 0.238. The molecule has 0 saturated heterocycles. The van der Waals surface area contributed by atoms with E-state index >= 15 is 0 Å². The number of halogens is 1. The number of methoxy groups -OCH3 is 1. The number of thiazole rings is 1. The highest BCUT2D eigenvalue weighted by Gasteiger charge is 2.07. The molecule has 3 rings (SSSR count). The Morgan fingerprint density at radius 1 is 1.19 bits per heavy atom. The average Bonchev–Trinajstić information content (AvgIpc) is 3.14. The molecule has 0 aliphatic carbocycles. The van der Waals surface area contributed by atoms with Gasteiger partial charge in [-0.1, -0.05) is 24.3 Å². The lowest BCUT2D eigenvalue weighted by Gasteiger charge is -2.05.